The Labute approximate surface area is 118 Å². The maximum Gasteiger partial charge on any atom is 0.115 e. The largest absolute Gasteiger partial charge is 0.508 e. The lowest BCUT2D eigenvalue weighted by Gasteiger charge is -2.10. The molecule has 0 spiro atoms. The molecule has 1 aliphatic rings. The van der Waals surface area contributed by atoms with Crippen LogP contribution in [0, 0.1) is 12.8 Å². The van der Waals surface area contributed by atoms with Gasteiger partial charge in [0.1, 0.15) is 5.75 Å². The fourth-order valence-corrected chi connectivity index (χ4v) is 3.71. The zero-order valence-corrected chi connectivity index (χ0v) is 12.0. The highest BCUT2D eigenvalue weighted by atomic mass is 32.1. The van der Waals surface area contributed by atoms with Crippen molar-refractivity contribution >= 4 is 11.5 Å². The van der Waals surface area contributed by atoms with Gasteiger partial charge in [-0.2, -0.15) is 4.37 Å². The molecular formula is C16H19NOS. The van der Waals surface area contributed by atoms with Gasteiger partial charge < -0.3 is 5.11 Å². The van der Waals surface area contributed by atoms with Gasteiger partial charge in [0.15, 0.2) is 0 Å². The third-order valence-corrected chi connectivity index (χ3v) is 4.89. The molecule has 1 saturated carbocycles. The van der Waals surface area contributed by atoms with Gasteiger partial charge in [-0.05, 0) is 60.6 Å². The van der Waals surface area contributed by atoms with Gasteiger partial charge in [-0.25, -0.2) is 0 Å². The number of aromatic hydroxyl groups is 1. The second kappa shape index (κ2) is 5.33. The molecule has 0 bridgehead atoms. The Morgan fingerprint density at radius 3 is 2.58 bits per heavy atom. The second-order valence-corrected chi connectivity index (χ2v) is 6.44. The van der Waals surface area contributed by atoms with E-state index >= 15 is 0 Å². The second-order valence-electron chi connectivity index (χ2n) is 5.47. The van der Waals surface area contributed by atoms with E-state index in [4.69, 9.17) is 0 Å². The summed E-state index contributed by atoms with van der Waals surface area (Å²) in [4.78, 5) is 1.34. The Balaban J connectivity index is 1.91. The molecule has 0 saturated heterocycles. The lowest BCUT2D eigenvalue weighted by molar-refractivity contribution is 0.475. The van der Waals surface area contributed by atoms with Crippen molar-refractivity contribution in [3.8, 4) is 17.0 Å². The van der Waals surface area contributed by atoms with Gasteiger partial charge in [0.2, 0.25) is 0 Å². The van der Waals surface area contributed by atoms with Gasteiger partial charge in [0, 0.05) is 10.4 Å². The molecule has 1 heterocycles. The summed E-state index contributed by atoms with van der Waals surface area (Å²) in [6.07, 6.45) is 6.67. The van der Waals surface area contributed by atoms with Gasteiger partial charge >= 0.3 is 0 Å². The van der Waals surface area contributed by atoms with Gasteiger partial charge in [-0.15, -0.1) is 0 Å². The summed E-state index contributed by atoms with van der Waals surface area (Å²) in [6, 6.07) is 7.40. The predicted octanol–water partition coefficient (Wildman–Crippen LogP) is 4.56. The summed E-state index contributed by atoms with van der Waals surface area (Å²) < 4.78 is 4.62. The minimum atomic E-state index is 0.313. The molecule has 19 heavy (non-hydrogen) atoms. The first-order valence-corrected chi connectivity index (χ1v) is 7.76. The molecule has 100 valence electrons. The van der Waals surface area contributed by atoms with E-state index < -0.39 is 0 Å². The Hall–Kier alpha value is -1.35. The van der Waals surface area contributed by atoms with E-state index in [1.54, 1.807) is 23.7 Å². The smallest absolute Gasteiger partial charge is 0.115 e. The summed E-state index contributed by atoms with van der Waals surface area (Å²) in [6.45, 7) is 2.17. The van der Waals surface area contributed by atoms with Crippen LogP contribution in [-0.4, -0.2) is 9.48 Å². The number of hydrogen-bond donors (Lipinski definition) is 1. The average molecular weight is 273 g/mol. The van der Waals surface area contributed by atoms with Crippen molar-refractivity contribution in [2.45, 2.75) is 39.0 Å². The fourth-order valence-electron chi connectivity index (χ4n) is 2.98. The van der Waals surface area contributed by atoms with Crippen molar-refractivity contribution in [1.82, 2.24) is 4.37 Å². The summed E-state index contributed by atoms with van der Waals surface area (Å²) in [5, 5.41) is 9.39. The van der Waals surface area contributed by atoms with Crippen LogP contribution in [0.1, 0.15) is 36.1 Å². The number of hydrogen-bond acceptors (Lipinski definition) is 3. The minimum Gasteiger partial charge on any atom is -0.508 e. The molecule has 1 aromatic heterocycles. The first-order chi connectivity index (χ1) is 9.24. The monoisotopic (exact) mass is 273 g/mol. The van der Waals surface area contributed by atoms with Gasteiger partial charge in [0.05, 0.1) is 5.69 Å². The predicted molar refractivity (Wildman–Crippen MR) is 79.6 cm³/mol. The maximum absolute atomic E-state index is 9.39. The molecule has 0 atom stereocenters. The molecule has 1 aromatic carbocycles. The lowest BCUT2D eigenvalue weighted by Crippen LogP contribution is -2.00. The van der Waals surface area contributed by atoms with Crippen LogP contribution in [0.3, 0.4) is 0 Å². The Morgan fingerprint density at radius 2 is 1.89 bits per heavy atom. The summed E-state index contributed by atoms with van der Waals surface area (Å²) >= 11 is 1.60. The molecule has 0 unspecified atom stereocenters. The number of nitrogens with zero attached hydrogens (tertiary/aromatic N) is 1. The maximum atomic E-state index is 9.39. The van der Waals surface area contributed by atoms with Gasteiger partial charge in [0.25, 0.3) is 0 Å². The number of aromatic nitrogens is 1. The summed E-state index contributed by atoms with van der Waals surface area (Å²) in [5.74, 6) is 1.15. The van der Waals surface area contributed by atoms with E-state index in [9.17, 15) is 5.11 Å². The van der Waals surface area contributed by atoms with Crippen molar-refractivity contribution in [3.05, 3.63) is 34.7 Å². The van der Waals surface area contributed by atoms with Crippen LogP contribution in [0.4, 0.5) is 0 Å². The van der Waals surface area contributed by atoms with Crippen LogP contribution in [0.25, 0.3) is 11.3 Å². The van der Waals surface area contributed by atoms with Crippen LogP contribution in [0.15, 0.2) is 24.3 Å². The van der Waals surface area contributed by atoms with Crippen LogP contribution >= 0.6 is 11.5 Å². The molecule has 0 radical (unpaired) electrons. The highest BCUT2D eigenvalue weighted by molar-refractivity contribution is 7.06. The molecule has 0 aliphatic heterocycles. The lowest BCUT2D eigenvalue weighted by atomic mass is 9.95. The number of phenols is 1. The molecular weight excluding hydrogens is 254 g/mol. The van der Waals surface area contributed by atoms with E-state index in [1.807, 2.05) is 12.1 Å². The van der Waals surface area contributed by atoms with Crippen molar-refractivity contribution in [1.29, 1.82) is 0 Å². The van der Waals surface area contributed by atoms with E-state index in [1.165, 1.54) is 42.5 Å². The molecule has 0 amide bonds. The average Bonchev–Trinajstić information content (AvgIpc) is 3.03. The molecule has 2 nitrogen and oxygen atoms in total. The standard InChI is InChI=1S/C16H19NOS/c1-11-15(10-12-4-2-3-5-12)16(17-19-11)13-6-8-14(18)9-7-13/h6-9,12,18H,2-5,10H2,1H3. The molecule has 3 rings (SSSR count). The van der Waals surface area contributed by atoms with Crippen LogP contribution in [-0.2, 0) is 6.42 Å². The number of benzene rings is 1. The van der Waals surface area contributed by atoms with Crippen LogP contribution in [0.2, 0.25) is 0 Å². The third-order valence-electron chi connectivity index (χ3n) is 4.09. The zero-order valence-electron chi connectivity index (χ0n) is 11.2. The molecule has 1 aliphatic carbocycles. The van der Waals surface area contributed by atoms with Crippen LogP contribution < -0.4 is 0 Å². The van der Waals surface area contributed by atoms with Gasteiger partial charge in [-0.3, -0.25) is 0 Å². The van der Waals surface area contributed by atoms with Crippen molar-refractivity contribution in [2.24, 2.45) is 5.92 Å². The molecule has 3 heteroatoms. The number of aryl methyl sites for hydroxylation is 1. The minimum absolute atomic E-state index is 0.313. The van der Waals surface area contributed by atoms with Gasteiger partial charge in [-0.1, -0.05) is 25.7 Å². The van der Waals surface area contributed by atoms with Crippen LogP contribution in [0.5, 0.6) is 5.75 Å². The van der Waals surface area contributed by atoms with Crippen molar-refractivity contribution in [3.63, 3.8) is 0 Å². The molecule has 2 aromatic rings. The highest BCUT2D eigenvalue weighted by Gasteiger charge is 2.20. The zero-order chi connectivity index (χ0) is 13.2. The quantitative estimate of drug-likeness (QED) is 0.889. The Morgan fingerprint density at radius 1 is 1.21 bits per heavy atom. The summed E-state index contributed by atoms with van der Waals surface area (Å²) in [5.41, 5.74) is 3.66. The number of rotatable bonds is 3. The number of phenolic OH excluding ortho intramolecular Hbond substituents is 1. The Bertz CT molecular complexity index is 553. The van der Waals surface area contributed by atoms with E-state index in [0.29, 0.717) is 5.75 Å². The Kier molecular flexibility index (Phi) is 3.56. The normalized spacial score (nSPS) is 16.1. The van der Waals surface area contributed by atoms with E-state index in [2.05, 4.69) is 11.3 Å². The first-order valence-electron chi connectivity index (χ1n) is 6.98. The topological polar surface area (TPSA) is 33.1 Å². The highest BCUT2D eigenvalue weighted by Crippen LogP contribution is 2.35. The van der Waals surface area contributed by atoms with E-state index in [0.717, 1.165) is 17.2 Å². The first kappa shape index (κ1) is 12.7. The van der Waals surface area contributed by atoms with Crippen molar-refractivity contribution < 1.29 is 5.11 Å². The molecule has 1 fully saturated rings. The SMILES string of the molecule is Cc1snc(-c2ccc(O)cc2)c1CC1CCCC1. The summed E-state index contributed by atoms with van der Waals surface area (Å²) in [7, 11) is 0. The van der Waals surface area contributed by atoms with E-state index in [-0.39, 0.29) is 0 Å². The van der Waals surface area contributed by atoms with Crippen molar-refractivity contribution in [2.75, 3.05) is 0 Å². The fraction of sp³-hybridized carbons (Fsp3) is 0.438. The third kappa shape index (κ3) is 2.66. The molecule has 1 N–H and O–H groups in total.